The third-order valence-electron chi connectivity index (χ3n) is 2.35. The van der Waals surface area contributed by atoms with Gasteiger partial charge in [0.2, 0.25) is 10.0 Å². The molecule has 0 unspecified atom stereocenters. The van der Waals surface area contributed by atoms with Gasteiger partial charge in [-0.2, -0.15) is 0 Å². The van der Waals surface area contributed by atoms with E-state index in [1.54, 1.807) is 6.92 Å². The Balaban J connectivity index is 3.23. The van der Waals surface area contributed by atoms with Gasteiger partial charge in [0, 0.05) is 6.04 Å². The molecule has 0 saturated carbocycles. The van der Waals surface area contributed by atoms with Gasteiger partial charge < -0.3 is 10.2 Å². The molecule has 0 aliphatic heterocycles. The van der Waals surface area contributed by atoms with Crippen molar-refractivity contribution in [1.29, 1.82) is 0 Å². The lowest BCUT2D eigenvalue weighted by Crippen LogP contribution is -2.35. The largest absolute Gasteiger partial charge is 0.478 e. The number of hydrogen-bond acceptors (Lipinski definition) is 4. The number of carbonyl (C=O) groups is 1. The van der Waals surface area contributed by atoms with Gasteiger partial charge >= 0.3 is 5.97 Å². The second kappa shape index (κ2) is 5.47. The highest BCUT2D eigenvalue weighted by molar-refractivity contribution is 7.89. The highest BCUT2D eigenvalue weighted by Crippen LogP contribution is 2.17. The van der Waals surface area contributed by atoms with Crippen LogP contribution < -0.4 is 4.72 Å². The molecule has 100 valence electrons. The molecular weight excluding hydrogens is 258 g/mol. The first kappa shape index (κ1) is 14.6. The first-order valence-corrected chi connectivity index (χ1v) is 6.73. The zero-order valence-corrected chi connectivity index (χ0v) is 10.9. The maximum atomic E-state index is 12.0. The molecular formula is C11H15NO5S. The number of hydrogen-bond donors (Lipinski definition) is 3. The summed E-state index contributed by atoms with van der Waals surface area (Å²) < 4.78 is 26.2. The second-order valence-corrected chi connectivity index (χ2v) is 5.67. The van der Waals surface area contributed by atoms with Crippen LogP contribution in [-0.4, -0.2) is 37.2 Å². The minimum Gasteiger partial charge on any atom is -0.478 e. The third kappa shape index (κ3) is 3.28. The number of rotatable bonds is 5. The van der Waals surface area contributed by atoms with Gasteiger partial charge in [-0.05, 0) is 31.5 Å². The second-order valence-electron chi connectivity index (χ2n) is 3.99. The van der Waals surface area contributed by atoms with Crippen molar-refractivity contribution >= 4 is 16.0 Å². The zero-order valence-electron chi connectivity index (χ0n) is 10.0. The number of carboxylic acids is 1. The van der Waals surface area contributed by atoms with E-state index >= 15 is 0 Å². The Morgan fingerprint density at radius 3 is 2.56 bits per heavy atom. The van der Waals surface area contributed by atoms with Crippen molar-refractivity contribution < 1.29 is 23.4 Å². The first-order valence-electron chi connectivity index (χ1n) is 5.25. The van der Waals surface area contributed by atoms with Gasteiger partial charge in [-0.3, -0.25) is 0 Å². The molecule has 0 fully saturated rings. The quantitative estimate of drug-likeness (QED) is 0.718. The fraction of sp³-hybridized carbons (Fsp3) is 0.364. The van der Waals surface area contributed by atoms with Crippen LogP contribution in [0.25, 0.3) is 0 Å². The Morgan fingerprint density at radius 1 is 1.44 bits per heavy atom. The Bertz CT molecular complexity index is 553. The average Bonchev–Trinajstić information content (AvgIpc) is 2.28. The third-order valence-corrected chi connectivity index (χ3v) is 4.09. The summed E-state index contributed by atoms with van der Waals surface area (Å²) in [5.74, 6) is -1.19. The van der Waals surface area contributed by atoms with Gasteiger partial charge in [0.05, 0.1) is 17.1 Å². The van der Waals surface area contributed by atoms with E-state index in [2.05, 4.69) is 4.72 Å². The molecule has 0 bridgehead atoms. The number of benzene rings is 1. The van der Waals surface area contributed by atoms with Crippen molar-refractivity contribution in [3.63, 3.8) is 0 Å². The molecule has 7 heteroatoms. The lowest BCUT2D eigenvalue weighted by molar-refractivity contribution is 0.0696. The molecule has 1 aromatic rings. The molecule has 1 rings (SSSR count). The molecule has 3 N–H and O–H groups in total. The predicted molar refractivity (Wildman–Crippen MR) is 65.0 cm³/mol. The number of sulfonamides is 1. The van der Waals surface area contributed by atoms with Crippen LogP contribution in [-0.2, 0) is 10.0 Å². The van der Waals surface area contributed by atoms with Crippen LogP contribution in [0.1, 0.15) is 22.8 Å². The lowest BCUT2D eigenvalue weighted by Gasteiger charge is -2.13. The summed E-state index contributed by atoms with van der Waals surface area (Å²) in [5.41, 5.74) is 0.343. The minimum absolute atomic E-state index is 0.0947. The standard InChI is InChI=1S/C11H15NO5S/c1-7-3-4-9(11(14)15)5-10(7)18(16,17)12-8(2)6-13/h3-5,8,12-13H,6H2,1-2H3,(H,14,15)/t8-/m0/s1. The highest BCUT2D eigenvalue weighted by Gasteiger charge is 2.20. The van der Waals surface area contributed by atoms with Crippen LogP contribution in [0, 0.1) is 6.92 Å². The number of aliphatic hydroxyl groups excluding tert-OH is 1. The first-order chi connectivity index (χ1) is 8.27. The van der Waals surface area contributed by atoms with Crippen LogP contribution >= 0.6 is 0 Å². The number of nitrogens with one attached hydrogen (secondary N) is 1. The Hall–Kier alpha value is -1.44. The van der Waals surface area contributed by atoms with E-state index in [9.17, 15) is 13.2 Å². The van der Waals surface area contributed by atoms with E-state index in [0.717, 1.165) is 6.07 Å². The van der Waals surface area contributed by atoms with Gasteiger partial charge in [0.25, 0.3) is 0 Å². The molecule has 1 atom stereocenters. The maximum Gasteiger partial charge on any atom is 0.335 e. The van der Waals surface area contributed by atoms with E-state index in [1.165, 1.54) is 19.1 Å². The number of carboxylic acid groups (broad SMARTS) is 1. The Labute approximate surface area is 105 Å². The summed E-state index contributed by atoms with van der Waals surface area (Å²) in [4.78, 5) is 10.7. The van der Waals surface area contributed by atoms with Crippen LogP contribution in [0.15, 0.2) is 23.1 Å². The topological polar surface area (TPSA) is 104 Å². The average molecular weight is 273 g/mol. The summed E-state index contributed by atoms with van der Waals surface area (Å²) in [7, 11) is -3.83. The van der Waals surface area contributed by atoms with Gasteiger partial charge in [-0.25, -0.2) is 17.9 Å². The van der Waals surface area contributed by atoms with Crippen molar-refractivity contribution in [1.82, 2.24) is 4.72 Å². The SMILES string of the molecule is Cc1ccc(C(=O)O)cc1S(=O)(=O)N[C@@H](C)CO. The fourth-order valence-electron chi connectivity index (χ4n) is 1.39. The van der Waals surface area contributed by atoms with Crippen molar-refractivity contribution in [2.45, 2.75) is 24.8 Å². The molecule has 0 aromatic heterocycles. The Kier molecular flexibility index (Phi) is 4.44. The summed E-state index contributed by atoms with van der Waals surface area (Å²) in [6.07, 6.45) is 0. The van der Waals surface area contributed by atoms with E-state index < -0.39 is 22.0 Å². The van der Waals surface area contributed by atoms with Crippen molar-refractivity contribution in [2.24, 2.45) is 0 Å². The lowest BCUT2D eigenvalue weighted by atomic mass is 10.1. The van der Waals surface area contributed by atoms with Crippen LogP contribution in [0.2, 0.25) is 0 Å². The monoisotopic (exact) mass is 273 g/mol. The molecule has 0 spiro atoms. The predicted octanol–water partition coefficient (Wildman–Crippen LogP) is 0.352. The van der Waals surface area contributed by atoms with Crippen molar-refractivity contribution in [3.8, 4) is 0 Å². The normalized spacial score (nSPS) is 13.3. The number of aromatic carboxylic acids is 1. The molecule has 0 aliphatic rings. The maximum absolute atomic E-state index is 12.0. The molecule has 18 heavy (non-hydrogen) atoms. The fourth-order valence-corrected chi connectivity index (χ4v) is 2.89. The molecule has 1 aromatic carbocycles. The molecule has 0 heterocycles. The van der Waals surface area contributed by atoms with E-state index in [0.29, 0.717) is 5.56 Å². The van der Waals surface area contributed by atoms with Gasteiger partial charge in [0.1, 0.15) is 0 Å². The van der Waals surface area contributed by atoms with Gasteiger partial charge in [-0.15, -0.1) is 0 Å². The Morgan fingerprint density at radius 2 is 2.06 bits per heavy atom. The summed E-state index contributed by atoms with van der Waals surface area (Å²) in [6, 6.07) is 3.24. The number of aliphatic hydroxyl groups is 1. The molecule has 0 saturated heterocycles. The molecule has 0 aliphatic carbocycles. The van der Waals surface area contributed by atoms with Crippen molar-refractivity contribution in [2.75, 3.05) is 6.61 Å². The van der Waals surface area contributed by atoms with Gasteiger partial charge in [-0.1, -0.05) is 6.07 Å². The molecule has 0 amide bonds. The van der Waals surface area contributed by atoms with Crippen LogP contribution in [0.3, 0.4) is 0 Å². The van der Waals surface area contributed by atoms with Crippen LogP contribution in [0.5, 0.6) is 0 Å². The zero-order chi connectivity index (χ0) is 13.9. The molecule has 6 nitrogen and oxygen atoms in total. The smallest absolute Gasteiger partial charge is 0.335 e. The molecule has 0 radical (unpaired) electrons. The summed E-state index contributed by atoms with van der Waals surface area (Å²) in [5, 5.41) is 17.7. The van der Waals surface area contributed by atoms with Crippen LogP contribution in [0.4, 0.5) is 0 Å². The minimum atomic E-state index is -3.83. The summed E-state index contributed by atoms with van der Waals surface area (Å²) >= 11 is 0. The van der Waals surface area contributed by atoms with E-state index in [-0.39, 0.29) is 17.1 Å². The highest BCUT2D eigenvalue weighted by atomic mass is 32.2. The van der Waals surface area contributed by atoms with Gasteiger partial charge in [0.15, 0.2) is 0 Å². The number of aryl methyl sites for hydroxylation is 1. The van der Waals surface area contributed by atoms with E-state index in [1.807, 2.05) is 0 Å². The van der Waals surface area contributed by atoms with E-state index in [4.69, 9.17) is 10.2 Å². The summed E-state index contributed by atoms with van der Waals surface area (Å²) in [6.45, 7) is 2.74. The van der Waals surface area contributed by atoms with Crippen molar-refractivity contribution in [3.05, 3.63) is 29.3 Å².